The third-order valence-corrected chi connectivity index (χ3v) is 3.96. The van der Waals surface area contributed by atoms with Crippen LogP contribution in [0.25, 0.3) is 0 Å². The molecule has 0 aromatic heterocycles. The average molecular weight is 364 g/mol. The first-order chi connectivity index (χ1) is 12.3. The lowest BCUT2D eigenvalue weighted by molar-refractivity contribution is 0.0527. The number of hydrogen-bond donors (Lipinski definition) is 3. The molecule has 1 aromatic carbocycles. The van der Waals surface area contributed by atoms with Crippen molar-refractivity contribution in [3.05, 3.63) is 35.6 Å². The number of ether oxygens (including phenoxy) is 1. The maximum atomic E-state index is 13.8. The highest BCUT2D eigenvalue weighted by Gasteiger charge is 2.40. The predicted molar refractivity (Wildman–Crippen MR) is 101 cm³/mol. The number of amides is 1. The summed E-state index contributed by atoms with van der Waals surface area (Å²) < 4.78 is 19.0. The minimum atomic E-state index is -0.493. The van der Waals surface area contributed by atoms with Gasteiger partial charge in [0.05, 0.1) is 0 Å². The van der Waals surface area contributed by atoms with E-state index in [4.69, 9.17) is 4.74 Å². The van der Waals surface area contributed by atoms with Crippen LogP contribution in [0.1, 0.15) is 45.1 Å². The molecule has 1 aliphatic rings. The summed E-state index contributed by atoms with van der Waals surface area (Å²) in [6, 6.07) is 7.09. The van der Waals surface area contributed by atoms with Crippen LogP contribution in [0.5, 0.6) is 0 Å². The molecule has 0 heterocycles. The van der Waals surface area contributed by atoms with Gasteiger partial charge in [0.15, 0.2) is 5.96 Å². The zero-order chi connectivity index (χ0) is 19.2. The molecule has 1 saturated carbocycles. The molecule has 3 N–H and O–H groups in total. The number of rotatable bonds is 6. The van der Waals surface area contributed by atoms with E-state index in [1.54, 1.807) is 13.1 Å². The quantitative estimate of drug-likeness (QED) is 0.412. The summed E-state index contributed by atoms with van der Waals surface area (Å²) in [7, 11) is 1.70. The predicted octanol–water partition coefficient (Wildman–Crippen LogP) is 2.76. The molecule has 1 amide bonds. The summed E-state index contributed by atoms with van der Waals surface area (Å²) >= 11 is 0. The first kappa shape index (κ1) is 20.0. The Kier molecular flexibility index (Phi) is 6.83. The van der Waals surface area contributed by atoms with Crippen molar-refractivity contribution in [1.29, 1.82) is 0 Å². The van der Waals surface area contributed by atoms with Crippen molar-refractivity contribution in [1.82, 2.24) is 16.0 Å². The van der Waals surface area contributed by atoms with Crippen molar-refractivity contribution in [2.75, 3.05) is 20.1 Å². The van der Waals surface area contributed by atoms with Crippen LogP contribution in [0.15, 0.2) is 29.3 Å². The Morgan fingerprint density at radius 2 is 1.96 bits per heavy atom. The molecule has 0 spiro atoms. The van der Waals surface area contributed by atoms with Crippen LogP contribution in [-0.4, -0.2) is 43.8 Å². The van der Waals surface area contributed by atoms with Gasteiger partial charge in [-0.05, 0) is 45.2 Å². The van der Waals surface area contributed by atoms with Gasteiger partial charge in [0, 0.05) is 32.1 Å². The number of aliphatic imine (C=N–C) groups is 1. The normalized spacial score (nSPS) is 19.7. The Labute approximate surface area is 154 Å². The Morgan fingerprint density at radius 1 is 1.27 bits per heavy atom. The Balaban J connectivity index is 1.64. The number of nitrogens with zero attached hydrogens (tertiary/aromatic N) is 1. The summed E-state index contributed by atoms with van der Waals surface area (Å²) in [6.07, 6.45) is 1.22. The third kappa shape index (κ3) is 6.54. The summed E-state index contributed by atoms with van der Waals surface area (Å²) in [5.74, 6) is 0.715. The van der Waals surface area contributed by atoms with E-state index in [1.165, 1.54) is 6.07 Å². The topological polar surface area (TPSA) is 74.8 Å². The Bertz CT molecular complexity index is 643. The van der Waals surface area contributed by atoms with Crippen LogP contribution in [0.4, 0.5) is 9.18 Å². The lowest BCUT2D eigenvalue weighted by Crippen LogP contribution is -2.40. The summed E-state index contributed by atoms with van der Waals surface area (Å²) in [5, 5.41) is 9.23. The molecule has 7 heteroatoms. The second-order valence-electron chi connectivity index (χ2n) is 7.40. The minimum Gasteiger partial charge on any atom is -0.444 e. The third-order valence-electron chi connectivity index (χ3n) is 3.96. The fourth-order valence-electron chi connectivity index (χ4n) is 2.64. The molecule has 0 saturated heterocycles. The largest absolute Gasteiger partial charge is 0.444 e. The van der Waals surface area contributed by atoms with Crippen LogP contribution in [0, 0.1) is 5.82 Å². The van der Waals surface area contributed by atoms with Crippen molar-refractivity contribution in [3.63, 3.8) is 0 Å². The van der Waals surface area contributed by atoms with Crippen LogP contribution < -0.4 is 16.0 Å². The fraction of sp³-hybridized carbons (Fsp3) is 0.579. The number of benzene rings is 1. The lowest BCUT2D eigenvalue weighted by atomic mass is 10.1. The van der Waals surface area contributed by atoms with Gasteiger partial charge in [0.2, 0.25) is 0 Å². The fourth-order valence-corrected chi connectivity index (χ4v) is 2.64. The van der Waals surface area contributed by atoms with Crippen LogP contribution in [-0.2, 0) is 4.74 Å². The maximum absolute atomic E-state index is 13.8. The number of carbonyl (C=O) groups excluding carboxylic acids is 1. The lowest BCUT2D eigenvalue weighted by Gasteiger charge is -2.19. The van der Waals surface area contributed by atoms with Crippen LogP contribution >= 0.6 is 0 Å². The monoisotopic (exact) mass is 364 g/mol. The van der Waals surface area contributed by atoms with Gasteiger partial charge in [-0.25, -0.2) is 9.18 Å². The number of hydrogen-bond acceptors (Lipinski definition) is 3. The van der Waals surface area contributed by atoms with E-state index < -0.39 is 11.7 Å². The Hall–Kier alpha value is -2.31. The molecular formula is C19H29FN4O2. The molecule has 0 radical (unpaired) electrons. The van der Waals surface area contributed by atoms with Gasteiger partial charge in [0.1, 0.15) is 11.4 Å². The van der Waals surface area contributed by atoms with Crippen molar-refractivity contribution in [3.8, 4) is 0 Å². The van der Waals surface area contributed by atoms with Gasteiger partial charge in [-0.15, -0.1) is 0 Å². The number of alkyl carbamates (subject to hydrolysis) is 1. The van der Waals surface area contributed by atoms with Crippen molar-refractivity contribution in [2.45, 2.75) is 51.2 Å². The molecule has 144 valence electrons. The second kappa shape index (κ2) is 8.87. The van der Waals surface area contributed by atoms with Gasteiger partial charge < -0.3 is 20.7 Å². The molecule has 1 aromatic rings. The van der Waals surface area contributed by atoms with E-state index in [0.29, 0.717) is 19.0 Å². The zero-order valence-electron chi connectivity index (χ0n) is 15.9. The van der Waals surface area contributed by atoms with E-state index in [-0.39, 0.29) is 17.8 Å². The molecule has 2 atom stereocenters. The average Bonchev–Trinajstić information content (AvgIpc) is 3.31. The molecule has 6 nitrogen and oxygen atoms in total. The number of carbonyl (C=O) groups is 1. The Morgan fingerprint density at radius 3 is 2.62 bits per heavy atom. The molecule has 26 heavy (non-hydrogen) atoms. The van der Waals surface area contributed by atoms with Gasteiger partial charge in [-0.1, -0.05) is 18.2 Å². The maximum Gasteiger partial charge on any atom is 0.407 e. The molecular weight excluding hydrogens is 335 g/mol. The molecule has 1 fully saturated rings. The SMILES string of the molecule is CN=C(NCCCNC(=O)OC(C)(C)C)NC1CC1c1ccccc1F. The summed E-state index contributed by atoms with van der Waals surface area (Å²) in [6.45, 7) is 6.66. The van der Waals surface area contributed by atoms with Crippen molar-refractivity contribution in [2.24, 2.45) is 4.99 Å². The van der Waals surface area contributed by atoms with Crippen LogP contribution in [0.2, 0.25) is 0 Å². The first-order valence-corrected chi connectivity index (χ1v) is 8.98. The van der Waals surface area contributed by atoms with Gasteiger partial charge >= 0.3 is 6.09 Å². The highest BCUT2D eigenvalue weighted by atomic mass is 19.1. The first-order valence-electron chi connectivity index (χ1n) is 8.98. The highest BCUT2D eigenvalue weighted by molar-refractivity contribution is 5.80. The van der Waals surface area contributed by atoms with Gasteiger partial charge in [-0.2, -0.15) is 0 Å². The molecule has 1 aliphatic carbocycles. The highest BCUT2D eigenvalue weighted by Crippen LogP contribution is 2.41. The van der Waals surface area contributed by atoms with Gasteiger partial charge in [-0.3, -0.25) is 4.99 Å². The van der Waals surface area contributed by atoms with E-state index in [0.717, 1.165) is 18.4 Å². The second-order valence-corrected chi connectivity index (χ2v) is 7.40. The minimum absolute atomic E-state index is 0.155. The number of nitrogens with one attached hydrogen (secondary N) is 3. The molecule has 0 bridgehead atoms. The van der Waals surface area contributed by atoms with Crippen LogP contribution in [0.3, 0.4) is 0 Å². The standard InChI is InChI=1S/C19H29FN4O2/c1-19(2,3)26-18(25)23-11-7-10-22-17(21-4)24-16-12-14(16)13-8-5-6-9-15(13)20/h5-6,8-9,14,16H,7,10-12H2,1-4H3,(H,23,25)(H2,21,22,24). The van der Waals surface area contributed by atoms with Gasteiger partial charge in [0.25, 0.3) is 0 Å². The number of halogens is 1. The van der Waals surface area contributed by atoms with Crippen molar-refractivity contribution >= 4 is 12.1 Å². The molecule has 2 rings (SSSR count). The zero-order valence-corrected chi connectivity index (χ0v) is 15.9. The molecule has 0 aliphatic heterocycles. The summed E-state index contributed by atoms with van der Waals surface area (Å²) in [5.41, 5.74) is 0.259. The van der Waals surface area contributed by atoms with E-state index >= 15 is 0 Å². The van der Waals surface area contributed by atoms with E-state index in [2.05, 4.69) is 20.9 Å². The van der Waals surface area contributed by atoms with Crippen molar-refractivity contribution < 1.29 is 13.9 Å². The smallest absolute Gasteiger partial charge is 0.407 e. The summed E-state index contributed by atoms with van der Waals surface area (Å²) in [4.78, 5) is 15.7. The van der Waals surface area contributed by atoms with E-state index in [1.807, 2.05) is 32.9 Å². The van der Waals surface area contributed by atoms with E-state index in [9.17, 15) is 9.18 Å². The number of guanidine groups is 1. The molecule has 2 unspecified atom stereocenters.